The van der Waals surface area contributed by atoms with Crippen LogP contribution in [0.5, 0.6) is 0 Å². The van der Waals surface area contributed by atoms with Gasteiger partial charge in [-0.1, -0.05) is 30.3 Å². The lowest BCUT2D eigenvalue weighted by molar-refractivity contribution is 0.951. The van der Waals surface area contributed by atoms with Gasteiger partial charge in [0.2, 0.25) is 0 Å². The number of pyridine rings is 1. The van der Waals surface area contributed by atoms with Crippen molar-refractivity contribution in [3.63, 3.8) is 0 Å². The molecule has 21 heavy (non-hydrogen) atoms. The molecular formula is C18H13N3. The smallest absolute Gasteiger partial charge is 0.142 e. The van der Waals surface area contributed by atoms with Gasteiger partial charge < -0.3 is 9.55 Å². The van der Waals surface area contributed by atoms with Crippen molar-refractivity contribution in [1.29, 1.82) is 0 Å². The largest absolute Gasteiger partial charge is 0.339 e. The highest BCUT2D eigenvalue weighted by molar-refractivity contribution is 6.20. The van der Waals surface area contributed by atoms with Crippen LogP contribution in [0, 0.1) is 0 Å². The van der Waals surface area contributed by atoms with Crippen molar-refractivity contribution >= 4 is 43.7 Å². The number of aromatic nitrogens is 3. The van der Waals surface area contributed by atoms with Crippen LogP contribution < -0.4 is 0 Å². The van der Waals surface area contributed by atoms with Crippen LogP contribution in [-0.2, 0) is 7.05 Å². The summed E-state index contributed by atoms with van der Waals surface area (Å²) < 4.78 is 2.05. The molecule has 0 spiro atoms. The van der Waals surface area contributed by atoms with Crippen molar-refractivity contribution in [1.82, 2.24) is 14.5 Å². The third kappa shape index (κ3) is 1.35. The molecule has 3 heterocycles. The molecule has 3 nitrogen and oxygen atoms in total. The van der Waals surface area contributed by atoms with Gasteiger partial charge in [-0.05, 0) is 29.0 Å². The monoisotopic (exact) mass is 271 g/mol. The van der Waals surface area contributed by atoms with Gasteiger partial charge in [0.05, 0.1) is 0 Å². The first-order chi connectivity index (χ1) is 10.3. The molecule has 5 aromatic rings. The van der Waals surface area contributed by atoms with E-state index < -0.39 is 0 Å². The first kappa shape index (κ1) is 10.9. The van der Waals surface area contributed by atoms with Gasteiger partial charge in [-0.15, -0.1) is 0 Å². The van der Waals surface area contributed by atoms with Crippen LogP contribution in [0.3, 0.4) is 0 Å². The summed E-state index contributed by atoms with van der Waals surface area (Å²) in [6, 6.07) is 17.2. The molecule has 0 aliphatic heterocycles. The number of hydrogen-bond acceptors (Lipinski definition) is 1. The summed E-state index contributed by atoms with van der Waals surface area (Å²) in [5, 5.41) is 6.18. The molecule has 5 rings (SSSR count). The molecule has 0 fully saturated rings. The minimum absolute atomic E-state index is 0.954. The second kappa shape index (κ2) is 3.64. The van der Waals surface area contributed by atoms with Crippen molar-refractivity contribution in [3.05, 3.63) is 54.7 Å². The van der Waals surface area contributed by atoms with Crippen LogP contribution >= 0.6 is 0 Å². The van der Waals surface area contributed by atoms with Crippen molar-refractivity contribution in [2.24, 2.45) is 7.05 Å². The van der Waals surface area contributed by atoms with Crippen molar-refractivity contribution < 1.29 is 0 Å². The van der Waals surface area contributed by atoms with E-state index in [4.69, 9.17) is 4.98 Å². The lowest BCUT2D eigenvalue weighted by Crippen LogP contribution is -1.87. The molecule has 0 atom stereocenters. The maximum absolute atomic E-state index is 4.79. The summed E-state index contributed by atoms with van der Waals surface area (Å²) in [6.45, 7) is 0. The maximum atomic E-state index is 4.79. The molecule has 100 valence electrons. The zero-order valence-electron chi connectivity index (χ0n) is 11.6. The predicted octanol–water partition coefficient (Wildman–Crippen LogP) is 4.36. The zero-order valence-corrected chi connectivity index (χ0v) is 11.6. The highest BCUT2D eigenvalue weighted by Crippen LogP contribution is 2.33. The van der Waals surface area contributed by atoms with E-state index >= 15 is 0 Å². The molecule has 0 unspecified atom stereocenters. The van der Waals surface area contributed by atoms with Crippen LogP contribution in [0.4, 0.5) is 0 Å². The molecule has 0 saturated carbocycles. The Morgan fingerprint density at radius 2 is 1.86 bits per heavy atom. The average Bonchev–Trinajstić information content (AvgIpc) is 3.06. The lowest BCUT2D eigenvalue weighted by atomic mass is 10.0. The van der Waals surface area contributed by atoms with Crippen LogP contribution in [-0.4, -0.2) is 14.5 Å². The fraction of sp³-hybridized carbons (Fsp3) is 0.0556. The Kier molecular flexibility index (Phi) is 1.89. The van der Waals surface area contributed by atoms with E-state index in [0.717, 1.165) is 16.8 Å². The average molecular weight is 271 g/mol. The van der Waals surface area contributed by atoms with Crippen LogP contribution in [0.1, 0.15) is 0 Å². The molecular weight excluding hydrogens is 258 g/mol. The van der Waals surface area contributed by atoms with Gasteiger partial charge in [-0.2, -0.15) is 0 Å². The van der Waals surface area contributed by atoms with Gasteiger partial charge in [0.25, 0.3) is 0 Å². The molecule has 0 radical (unpaired) electrons. The van der Waals surface area contributed by atoms with E-state index in [1.54, 1.807) is 0 Å². The number of aryl methyl sites for hydroxylation is 1. The van der Waals surface area contributed by atoms with Crippen molar-refractivity contribution in [2.75, 3.05) is 0 Å². The number of fused-ring (bicyclic) bond motifs is 6. The molecule has 0 aliphatic rings. The van der Waals surface area contributed by atoms with Crippen LogP contribution in [0.15, 0.2) is 54.7 Å². The summed E-state index contributed by atoms with van der Waals surface area (Å²) in [7, 11) is 2.03. The van der Waals surface area contributed by atoms with Crippen LogP contribution in [0.25, 0.3) is 43.7 Å². The first-order valence-electron chi connectivity index (χ1n) is 7.06. The highest BCUT2D eigenvalue weighted by atomic mass is 15.0. The number of aromatic amines is 1. The van der Waals surface area contributed by atoms with Crippen LogP contribution in [0.2, 0.25) is 0 Å². The molecule has 0 bridgehead atoms. The van der Waals surface area contributed by atoms with E-state index in [-0.39, 0.29) is 0 Å². The van der Waals surface area contributed by atoms with Gasteiger partial charge in [0, 0.05) is 34.9 Å². The Balaban J connectivity index is 2.08. The SMILES string of the molecule is Cn1ccc2cc3c(nc21)[nH]c1ccc2ccccc2c13. The Morgan fingerprint density at radius 3 is 2.81 bits per heavy atom. The number of nitrogens with zero attached hydrogens (tertiary/aromatic N) is 2. The topological polar surface area (TPSA) is 33.6 Å². The second-order valence-corrected chi connectivity index (χ2v) is 5.56. The summed E-state index contributed by atoms with van der Waals surface area (Å²) in [4.78, 5) is 8.24. The van der Waals surface area contributed by atoms with Crippen molar-refractivity contribution in [3.8, 4) is 0 Å². The number of rotatable bonds is 0. The summed E-state index contributed by atoms with van der Waals surface area (Å²) in [6.07, 6.45) is 2.05. The lowest BCUT2D eigenvalue weighted by Gasteiger charge is -2.00. The van der Waals surface area contributed by atoms with Gasteiger partial charge >= 0.3 is 0 Å². The normalized spacial score (nSPS) is 12.0. The Morgan fingerprint density at radius 1 is 0.952 bits per heavy atom. The Bertz CT molecular complexity index is 1140. The fourth-order valence-corrected chi connectivity index (χ4v) is 3.27. The maximum Gasteiger partial charge on any atom is 0.142 e. The number of benzene rings is 2. The molecule has 2 aromatic carbocycles. The first-order valence-corrected chi connectivity index (χ1v) is 7.06. The molecule has 1 N–H and O–H groups in total. The summed E-state index contributed by atoms with van der Waals surface area (Å²) >= 11 is 0. The second-order valence-electron chi connectivity index (χ2n) is 5.56. The molecule has 0 amide bonds. The van der Waals surface area contributed by atoms with E-state index in [1.165, 1.54) is 26.9 Å². The quantitative estimate of drug-likeness (QED) is 0.446. The number of hydrogen-bond donors (Lipinski definition) is 1. The standard InChI is InChI=1S/C18H13N3/c1-21-9-8-12-10-14-16-13-5-3-2-4-11(13)6-7-15(16)19-17(14)20-18(12)21/h2-10H,1H3,(H,19,20). The Hall–Kier alpha value is -2.81. The van der Waals surface area contributed by atoms with Gasteiger partial charge in [0.1, 0.15) is 11.3 Å². The molecule has 0 saturated heterocycles. The summed E-state index contributed by atoms with van der Waals surface area (Å²) in [5.74, 6) is 0. The van der Waals surface area contributed by atoms with E-state index in [9.17, 15) is 0 Å². The van der Waals surface area contributed by atoms with Gasteiger partial charge in [-0.25, -0.2) is 4.98 Å². The zero-order chi connectivity index (χ0) is 14.0. The fourth-order valence-electron chi connectivity index (χ4n) is 3.27. The molecule has 0 aliphatic carbocycles. The van der Waals surface area contributed by atoms with Crippen molar-refractivity contribution in [2.45, 2.75) is 0 Å². The third-order valence-electron chi connectivity index (χ3n) is 4.29. The number of nitrogens with one attached hydrogen (secondary N) is 1. The van der Waals surface area contributed by atoms with E-state index in [1.807, 2.05) is 7.05 Å². The van der Waals surface area contributed by atoms with Gasteiger partial charge in [0.15, 0.2) is 0 Å². The Labute approximate surface area is 120 Å². The predicted molar refractivity (Wildman–Crippen MR) is 87.6 cm³/mol. The minimum atomic E-state index is 0.954. The highest BCUT2D eigenvalue weighted by Gasteiger charge is 2.11. The third-order valence-corrected chi connectivity index (χ3v) is 4.29. The number of H-pyrrole nitrogens is 1. The molecule has 3 aromatic heterocycles. The van der Waals surface area contributed by atoms with E-state index in [0.29, 0.717) is 0 Å². The minimum Gasteiger partial charge on any atom is -0.339 e. The molecule has 3 heteroatoms. The van der Waals surface area contributed by atoms with E-state index in [2.05, 4.69) is 64.3 Å². The van der Waals surface area contributed by atoms with Gasteiger partial charge in [-0.3, -0.25) is 0 Å². The summed E-state index contributed by atoms with van der Waals surface area (Å²) in [5.41, 5.74) is 3.11.